The normalized spacial score (nSPS) is 17.6. The molecule has 0 bridgehead atoms. The third-order valence-electron chi connectivity index (χ3n) is 3.52. The van der Waals surface area contributed by atoms with Crippen LogP contribution in [0.25, 0.3) is 0 Å². The van der Waals surface area contributed by atoms with Gasteiger partial charge < -0.3 is 9.30 Å². The molecule has 0 amide bonds. The standard InChI is InChI=1S/C14H24N2O/c1-4-17-14(11(2)3)7-8-16-10-15-9-13(16)12-5-6-12/h9-12,14H,4-8H2,1-3H3. The molecule has 0 saturated heterocycles. The van der Waals surface area contributed by atoms with Gasteiger partial charge in [-0.15, -0.1) is 0 Å². The Balaban J connectivity index is 1.89. The fraction of sp³-hybridized carbons (Fsp3) is 0.786. The predicted octanol–water partition coefficient (Wildman–Crippen LogP) is 3.21. The molecule has 1 unspecified atom stereocenters. The highest BCUT2D eigenvalue weighted by Crippen LogP contribution is 2.39. The summed E-state index contributed by atoms with van der Waals surface area (Å²) in [5, 5.41) is 0. The average Bonchev–Trinajstić information content (AvgIpc) is 3.04. The summed E-state index contributed by atoms with van der Waals surface area (Å²) in [6.07, 6.45) is 8.13. The Kier molecular flexibility index (Phi) is 4.21. The van der Waals surface area contributed by atoms with Crippen LogP contribution in [0.1, 0.15) is 51.6 Å². The molecule has 1 saturated carbocycles. The van der Waals surface area contributed by atoms with E-state index in [1.165, 1.54) is 18.5 Å². The molecule has 0 spiro atoms. The zero-order chi connectivity index (χ0) is 12.3. The maximum absolute atomic E-state index is 5.78. The van der Waals surface area contributed by atoms with Crippen LogP contribution in [0.2, 0.25) is 0 Å². The Morgan fingerprint density at radius 3 is 2.82 bits per heavy atom. The first-order valence-corrected chi connectivity index (χ1v) is 6.84. The van der Waals surface area contributed by atoms with E-state index in [0.29, 0.717) is 12.0 Å². The van der Waals surface area contributed by atoms with E-state index >= 15 is 0 Å². The molecule has 2 rings (SSSR count). The van der Waals surface area contributed by atoms with Crippen molar-refractivity contribution in [2.45, 2.75) is 58.6 Å². The van der Waals surface area contributed by atoms with Crippen LogP contribution in [-0.2, 0) is 11.3 Å². The van der Waals surface area contributed by atoms with Crippen molar-refractivity contribution in [3.05, 3.63) is 18.2 Å². The van der Waals surface area contributed by atoms with Gasteiger partial charge in [-0.2, -0.15) is 0 Å². The van der Waals surface area contributed by atoms with Crippen LogP contribution in [0.4, 0.5) is 0 Å². The first-order chi connectivity index (χ1) is 8.22. The van der Waals surface area contributed by atoms with Gasteiger partial charge in [0.25, 0.3) is 0 Å². The van der Waals surface area contributed by atoms with Crippen LogP contribution in [0.3, 0.4) is 0 Å². The molecular weight excluding hydrogens is 212 g/mol. The molecule has 1 aromatic rings. The third kappa shape index (κ3) is 3.32. The molecule has 0 radical (unpaired) electrons. The summed E-state index contributed by atoms with van der Waals surface area (Å²) in [6.45, 7) is 8.38. The molecule has 3 heteroatoms. The highest BCUT2D eigenvalue weighted by molar-refractivity contribution is 5.12. The molecule has 1 atom stereocenters. The van der Waals surface area contributed by atoms with Gasteiger partial charge in [0.15, 0.2) is 0 Å². The number of ether oxygens (including phenoxy) is 1. The molecule has 1 heterocycles. The molecule has 1 aliphatic rings. The number of hydrogen-bond donors (Lipinski definition) is 0. The second kappa shape index (κ2) is 5.67. The van der Waals surface area contributed by atoms with Gasteiger partial charge in [-0.25, -0.2) is 4.98 Å². The monoisotopic (exact) mass is 236 g/mol. The van der Waals surface area contributed by atoms with Crippen molar-refractivity contribution in [3.63, 3.8) is 0 Å². The van der Waals surface area contributed by atoms with Crippen LogP contribution >= 0.6 is 0 Å². The van der Waals surface area contributed by atoms with E-state index in [-0.39, 0.29) is 0 Å². The molecule has 1 aromatic heterocycles. The number of aryl methyl sites for hydroxylation is 1. The van der Waals surface area contributed by atoms with E-state index in [1.807, 2.05) is 12.5 Å². The molecule has 0 aliphatic heterocycles. The third-order valence-corrected chi connectivity index (χ3v) is 3.52. The zero-order valence-corrected chi connectivity index (χ0v) is 11.2. The Hall–Kier alpha value is -0.830. The summed E-state index contributed by atoms with van der Waals surface area (Å²) in [6, 6.07) is 0. The lowest BCUT2D eigenvalue weighted by molar-refractivity contribution is 0.0218. The molecule has 1 fully saturated rings. The largest absolute Gasteiger partial charge is 0.378 e. The van der Waals surface area contributed by atoms with E-state index in [4.69, 9.17) is 4.74 Å². The number of rotatable bonds is 7. The first kappa shape index (κ1) is 12.6. The molecule has 17 heavy (non-hydrogen) atoms. The summed E-state index contributed by atoms with van der Waals surface area (Å²) < 4.78 is 8.10. The highest BCUT2D eigenvalue weighted by atomic mass is 16.5. The fourth-order valence-corrected chi connectivity index (χ4v) is 2.33. The second-order valence-corrected chi connectivity index (χ2v) is 5.31. The van der Waals surface area contributed by atoms with E-state index in [9.17, 15) is 0 Å². The predicted molar refractivity (Wildman–Crippen MR) is 69.1 cm³/mol. The summed E-state index contributed by atoms with van der Waals surface area (Å²) in [5.41, 5.74) is 1.42. The van der Waals surface area contributed by atoms with Gasteiger partial charge in [0.2, 0.25) is 0 Å². The summed E-state index contributed by atoms with van der Waals surface area (Å²) >= 11 is 0. The molecule has 96 valence electrons. The van der Waals surface area contributed by atoms with Crippen molar-refractivity contribution in [1.82, 2.24) is 9.55 Å². The average molecular weight is 236 g/mol. The Morgan fingerprint density at radius 1 is 1.47 bits per heavy atom. The fourth-order valence-electron chi connectivity index (χ4n) is 2.33. The minimum Gasteiger partial charge on any atom is -0.378 e. The van der Waals surface area contributed by atoms with Gasteiger partial charge >= 0.3 is 0 Å². The molecule has 3 nitrogen and oxygen atoms in total. The van der Waals surface area contributed by atoms with Gasteiger partial charge in [0.05, 0.1) is 12.4 Å². The van der Waals surface area contributed by atoms with Gasteiger partial charge in [0.1, 0.15) is 0 Å². The van der Waals surface area contributed by atoms with Crippen molar-refractivity contribution in [1.29, 1.82) is 0 Å². The molecule has 1 aliphatic carbocycles. The minimum absolute atomic E-state index is 0.370. The summed E-state index contributed by atoms with van der Waals surface area (Å²) in [7, 11) is 0. The minimum atomic E-state index is 0.370. The smallest absolute Gasteiger partial charge is 0.0948 e. The Labute approximate surface area is 104 Å². The van der Waals surface area contributed by atoms with Crippen LogP contribution < -0.4 is 0 Å². The van der Waals surface area contributed by atoms with Crippen molar-refractivity contribution < 1.29 is 4.74 Å². The molecule has 0 aromatic carbocycles. The van der Waals surface area contributed by atoms with Crippen LogP contribution in [0, 0.1) is 5.92 Å². The van der Waals surface area contributed by atoms with Crippen LogP contribution in [0.15, 0.2) is 12.5 Å². The van der Waals surface area contributed by atoms with Crippen LogP contribution in [-0.4, -0.2) is 22.3 Å². The number of imidazole rings is 1. The lowest BCUT2D eigenvalue weighted by atomic mass is 10.0. The maximum Gasteiger partial charge on any atom is 0.0948 e. The Bertz CT molecular complexity index is 342. The lowest BCUT2D eigenvalue weighted by Gasteiger charge is -2.21. The number of aromatic nitrogens is 2. The van der Waals surface area contributed by atoms with Crippen molar-refractivity contribution in [2.75, 3.05) is 6.61 Å². The second-order valence-electron chi connectivity index (χ2n) is 5.31. The number of hydrogen-bond acceptors (Lipinski definition) is 2. The van der Waals surface area contributed by atoms with E-state index in [1.54, 1.807) is 0 Å². The molecule has 0 N–H and O–H groups in total. The van der Waals surface area contributed by atoms with Gasteiger partial charge in [-0.05, 0) is 32.1 Å². The highest BCUT2D eigenvalue weighted by Gasteiger charge is 2.27. The van der Waals surface area contributed by atoms with Gasteiger partial charge in [-0.1, -0.05) is 13.8 Å². The summed E-state index contributed by atoms with van der Waals surface area (Å²) in [5.74, 6) is 1.37. The quantitative estimate of drug-likeness (QED) is 0.727. The van der Waals surface area contributed by atoms with Crippen molar-refractivity contribution >= 4 is 0 Å². The van der Waals surface area contributed by atoms with Crippen LogP contribution in [0.5, 0.6) is 0 Å². The summed E-state index contributed by atoms with van der Waals surface area (Å²) in [4.78, 5) is 4.27. The topological polar surface area (TPSA) is 27.1 Å². The first-order valence-electron chi connectivity index (χ1n) is 6.84. The van der Waals surface area contributed by atoms with Crippen molar-refractivity contribution in [3.8, 4) is 0 Å². The lowest BCUT2D eigenvalue weighted by Crippen LogP contribution is -2.22. The van der Waals surface area contributed by atoms with E-state index in [2.05, 4.69) is 30.3 Å². The van der Waals surface area contributed by atoms with E-state index < -0.39 is 0 Å². The number of nitrogens with zero attached hydrogens (tertiary/aromatic N) is 2. The maximum atomic E-state index is 5.78. The Morgan fingerprint density at radius 2 is 2.24 bits per heavy atom. The van der Waals surface area contributed by atoms with E-state index in [0.717, 1.165) is 25.5 Å². The SMILES string of the molecule is CCOC(CCn1cncc1C1CC1)C(C)C. The zero-order valence-electron chi connectivity index (χ0n) is 11.2. The molecular formula is C14H24N2O. The van der Waals surface area contributed by atoms with Gasteiger partial charge in [0, 0.05) is 31.0 Å². The van der Waals surface area contributed by atoms with Crippen molar-refractivity contribution in [2.24, 2.45) is 5.92 Å². The van der Waals surface area contributed by atoms with Gasteiger partial charge in [-0.3, -0.25) is 0 Å².